The summed E-state index contributed by atoms with van der Waals surface area (Å²) in [4.78, 5) is 0. The van der Waals surface area contributed by atoms with E-state index in [2.05, 4.69) is 41.6 Å². The number of hydrogen-bond donors (Lipinski definition) is 0. The zero-order chi connectivity index (χ0) is 18.5. The summed E-state index contributed by atoms with van der Waals surface area (Å²) in [5.74, 6) is 2.17. The van der Waals surface area contributed by atoms with E-state index in [1.165, 1.54) is 17.7 Å². The summed E-state index contributed by atoms with van der Waals surface area (Å²) in [7, 11) is 0. The molecule has 0 aliphatic carbocycles. The molecule has 0 aliphatic heterocycles. The maximum atomic E-state index is 13.0. The molecular weight excluding hydrogens is 349 g/mol. The Labute approximate surface area is 157 Å². The van der Waals surface area contributed by atoms with E-state index >= 15 is 0 Å². The van der Waals surface area contributed by atoms with Crippen LogP contribution in [0.1, 0.15) is 29.4 Å². The van der Waals surface area contributed by atoms with Crippen molar-refractivity contribution < 1.29 is 9.13 Å². The third-order valence-corrected chi connectivity index (χ3v) is 5.34. The van der Waals surface area contributed by atoms with Crippen molar-refractivity contribution in [1.29, 1.82) is 0 Å². The van der Waals surface area contributed by atoms with E-state index in [1.54, 1.807) is 23.9 Å². The highest BCUT2D eigenvalue weighted by atomic mass is 32.2. The lowest BCUT2D eigenvalue weighted by Crippen LogP contribution is -2.07. The van der Waals surface area contributed by atoms with Gasteiger partial charge >= 0.3 is 0 Å². The summed E-state index contributed by atoms with van der Waals surface area (Å²) in [6.07, 6.45) is 0. The predicted octanol–water partition coefficient (Wildman–Crippen LogP) is 4.93. The van der Waals surface area contributed by atoms with Crippen molar-refractivity contribution >= 4 is 11.8 Å². The number of rotatable bonds is 7. The molecule has 0 amide bonds. The Morgan fingerprint density at radius 1 is 1.08 bits per heavy atom. The minimum atomic E-state index is -0.221. The van der Waals surface area contributed by atoms with Crippen LogP contribution < -0.4 is 4.74 Å². The molecule has 0 saturated carbocycles. The van der Waals surface area contributed by atoms with Crippen LogP contribution in [0, 0.1) is 19.7 Å². The van der Waals surface area contributed by atoms with Crippen LogP contribution in [0.15, 0.2) is 47.6 Å². The highest BCUT2D eigenvalue weighted by Crippen LogP contribution is 2.24. The van der Waals surface area contributed by atoms with Crippen LogP contribution in [-0.2, 0) is 18.9 Å². The van der Waals surface area contributed by atoms with Crippen LogP contribution in [0.3, 0.4) is 0 Å². The van der Waals surface area contributed by atoms with Gasteiger partial charge in [-0.1, -0.05) is 36.0 Å². The minimum Gasteiger partial charge on any atom is -0.485 e. The van der Waals surface area contributed by atoms with Crippen LogP contribution in [-0.4, -0.2) is 14.8 Å². The zero-order valence-corrected chi connectivity index (χ0v) is 16.0. The Balaban J connectivity index is 1.67. The van der Waals surface area contributed by atoms with Gasteiger partial charge in [0.25, 0.3) is 0 Å². The van der Waals surface area contributed by atoms with E-state index in [1.807, 2.05) is 12.1 Å². The zero-order valence-electron chi connectivity index (χ0n) is 15.2. The maximum Gasteiger partial charge on any atom is 0.191 e. The first kappa shape index (κ1) is 18.5. The largest absolute Gasteiger partial charge is 0.485 e. The first-order chi connectivity index (χ1) is 12.6. The average Bonchev–Trinajstić information content (AvgIpc) is 3.04. The molecular formula is C20H22FN3OS. The Kier molecular flexibility index (Phi) is 5.93. The van der Waals surface area contributed by atoms with E-state index in [9.17, 15) is 4.39 Å². The normalized spacial score (nSPS) is 10.9. The number of aryl methyl sites for hydroxylation is 1. The smallest absolute Gasteiger partial charge is 0.191 e. The number of nitrogens with zero attached hydrogens (tertiary/aromatic N) is 3. The number of thioether (sulfide) groups is 1. The summed E-state index contributed by atoms with van der Waals surface area (Å²) >= 11 is 1.59. The van der Waals surface area contributed by atoms with Crippen molar-refractivity contribution in [3.8, 4) is 5.75 Å². The van der Waals surface area contributed by atoms with Gasteiger partial charge in [-0.05, 0) is 55.7 Å². The lowest BCUT2D eigenvalue weighted by atomic mass is 10.1. The third kappa shape index (κ3) is 4.25. The molecule has 1 heterocycles. The first-order valence-electron chi connectivity index (χ1n) is 8.56. The van der Waals surface area contributed by atoms with E-state index in [0.717, 1.165) is 40.2 Å². The number of ether oxygens (including phenoxy) is 1. The van der Waals surface area contributed by atoms with Crippen LogP contribution >= 0.6 is 11.8 Å². The van der Waals surface area contributed by atoms with E-state index in [4.69, 9.17) is 4.74 Å². The fourth-order valence-corrected chi connectivity index (χ4v) is 3.58. The second-order valence-corrected chi connectivity index (χ2v) is 6.99. The number of halogens is 1. The molecule has 4 nitrogen and oxygen atoms in total. The average molecular weight is 371 g/mol. The summed E-state index contributed by atoms with van der Waals surface area (Å²) in [5, 5.41) is 9.43. The van der Waals surface area contributed by atoms with Gasteiger partial charge in [0.15, 0.2) is 11.0 Å². The topological polar surface area (TPSA) is 39.9 Å². The quantitative estimate of drug-likeness (QED) is 0.553. The van der Waals surface area contributed by atoms with Crippen molar-refractivity contribution in [2.24, 2.45) is 0 Å². The van der Waals surface area contributed by atoms with E-state index in [0.29, 0.717) is 6.61 Å². The highest BCUT2D eigenvalue weighted by molar-refractivity contribution is 7.98. The monoisotopic (exact) mass is 371 g/mol. The molecule has 0 spiro atoms. The van der Waals surface area contributed by atoms with Gasteiger partial charge in [0.1, 0.15) is 18.2 Å². The second kappa shape index (κ2) is 8.36. The lowest BCUT2D eigenvalue weighted by Gasteiger charge is -2.11. The standard InChI is InChI=1S/C20H22FN3OS/c1-4-24-19(12-25-18-7-5-6-14(2)15(18)3)22-23-20(24)26-13-16-8-10-17(21)11-9-16/h5-11H,4,12-13H2,1-3H3. The molecule has 26 heavy (non-hydrogen) atoms. The second-order valence-electron chi connectivity index (χ2n) is 6.04. The van der Waals surface area contributed by atoms with Crippen LogP contribution in [0.25, 0.3) is 0 Å². The summed E-state index contributed by atoms with van der Waals surface area (Å²) < 4.78 is 21.0. The molecule has 0 fully saturated rings. The van der Waals surface area contributed by atoms with Gasteiger partial charge < -0.3 is 9.30 Å². The molecule has 0 bridgehead atoms. The van der Waals surface area contributed by atoms with E-state index in [-0.39, 0.29) is 5.82 Å². The van der Waals surface area contributed by atoms with Crippen LogP contribution in [0.2, 0.25) is 0 Å². The highest BCUT2D eigenvalue weighted by Gasteiger charge is 2.13. The van der Waals surface area contributed by atoms with Crippen molar-refractivity contribution in [2.45, 2.75) is 44.8 Å². The van der Waals surface area contributed by atoms with Gasteiger partial charge in [-0.25, -0.2) is 4.39 Å². The molecule has 6 heteroatoms. The molecule has 0 unspecified atom stereocenters. The third-order valence-electron chi connectivity index (χ3n) is 4.30. The number of benzene rings is 2. The van der Waals surface area contributed by atoms with Gasteiger partial charge in [0.05, 0.1) is 0 Å². The molecule has 2 aromatic carbocycles. The van der Waals surface area contributed by atoms with Crippen molar-refractivity contribution in [3.63, 3.8) is 0 Å². The van der Waals surface area contributed by atoms with Crippen molar-refractivity contribution in [1.82, 2.24) is 14.8 Å². The van der Waals surface area contributed by atoms with Crippen molar-refractivity contribution in [3.05, 3.63) is 70.8 Å². The summed E-state index contributed by atoms with van der Waals surface area (Å²) in [6, 6.07) is 12.6. The Morgan fingerprint density at radius 3 is 2.58 bits per heavy atom. The van der Waals surface area contributed by atoms with Gasteiger partial charge in [0, 0.05) is 12.3 Å². The van der Waals surface area contributed by atoms with Crippen LogP contribution in [0.4, 0.5) is 4.39 Å². The molecule has 0 aliphatic rings. The van der Waals surface area contributed by atoms with Gasteiger partial charge in [-0.3, -0.25) is 0 Å². The Hall–Kier alpha value is -2.34. The van der Waals surface area contributed by atoms with Gasteiger partial charge in [-0.2, -0.15) is 0 Å². The number of aromatic nitrogens is 3. The maximum absolute atomic E-state index is 13.0. The van der Waals surface area contributed by atoms with Crippen LogP contribution in [0.5, 0.6) is 5.75 Å². The molecule has 0 atom stereocenters. The van der Waals surface area contributed by atoms with E-state index < -0.39 is 0 Å². The summed E-state index contributed by atoms with van der Waals surface area (Å²) in [6.45, 7) is 7.33. The van der Waals surface area contributed by atoms with Crippen molar-refractivity contribution in [2.75, 3.05) is 0 Å². The fraction of sp³-hybridized carbons (Fsp3) is 0.300. The SMILES string of the molecule is CCn1c(COc2cccc(C)c2C)nnc1SCc1ccc(F)cc1. The molecule has 0 saturated heterocycles. The fourth-order valence-electron chi connectivity index (χ4n) is 2.60. The molecule has 1 aromatic heterocycles. The number of hydrogen-bond acceptors (Lipinski definition) is 4. The van der Waals surface area contributed by atoms with Gasteiger partial charge in [-0.15, -0.1) is 10.2 Å². The lowest BCUT2D eigenvalue weighted by molar-refractivity contribution is 0.286. The first-order valence-corrected chi connectivity index (χ1v) is 9.55. The molecule has 3 rings (SSSR count). The van der Waals surface area contributed by atoms with Gasteiger partial charge in [0.2, 0.25) is 0 Å². The molecule has 136 valence electrons. The minimum absolute atomic E-state index is 0.221. The Bertz CT molecular complexity index is 877. The predicted molar refractivity (Wildman–Crippen MR) is 102 cm³/mol. The Morgan fingerprint density at radius 2 is 1.85 bits per heavy atom. The summed E-state index contributed by atoms with van der Waals surface area (Å²) in [5.41, 5.74) is 3.39. The molecule has 0 radical (unpaired) electrons. The molecule has 0 N–H and O–H groups in total. The molecule has 3 aromatic rings.